The molecule has 2 aromatic carbocycles. The first-order valence-corrected chi connectivity index (χ1v) is 7.22. The summed E-state index contributed by atoms with van der Waals surface area (Å²) in [6, 6.07) is 13.3. The second-order valence-corrected chi connectivity index (χ2v) is 5.25. The summed E-state index contributed by atoms with van der Waals surface area (Å²) in [5.74, 6) is 0.752. The van der Waals surface area contributed by atoms with E-state index in [-0.39, 0.29) is 0 Å². The van der Waals surface area contributed by atoms with Crippen molar-refractivity contribution in [3.8, 4) is 28.3 Å². The van der Waals surface area contributed by atoms with Gasteiger partial charge in [0.1, 0.15) is 12.1 Å². The Labute approximate surface area is 135 Å². The SMILES string of the molecule is COc1ccccc1-c1cc(-c2c(N)ccc(C)c2N)ncn1. The fourth-order valence-electron chi connectivity index (χ4n) is 2.52. The highest BCUT2D eigenvalue weighted by molar-refractivity contribution is 5.87. The van der Waals surface area contributed by atoms with Crippen molar-refractivity contribution in [2.45, 2.75) is 6.92 Å². The Morgan fingerprint density at radius 3 is 2.48 bits per heavy atom. The van der Waals surface area contributed by atoms with Crippen molar-refractivity contribution in [2.24, 2.45) is 0 Å². The Morgan fingerprint density at radius 1 is 0.957 bits per heavy atom. The number of ether oxygens (including phenoxy) is 1. The van der Waals surface area contributed by atoms with Crippen LogP contribution in [0.3, 0.4) is 0 Å². The number of nitrogen functional groups attached to an aromatic ring is 2. The molecule has 0 unspecified atom stereocenters. The maximum atomic E-state index is 6.20. The zero-order valence-corrected chi connectivity index (χ0v) is 13.1. The lowest BCUT2D eigenvalue weighted by Gasteiger charge is -2.12. The Morgan fingerprint density at radius 2 is 1.70 bits per heavy atom. The molecule has 5 heteroatoms. The molecule has 116 valence electrons. The first-order valence-electron chi connectivity index (χ1n) is 7.22. The Balaban J connectivity index is 2.17. The molecule has 23 heavy (non-hydrogen) atoms. The molecule has 0 aliphatic heterocycles. The molecular formula is C18H18N4O. The van der Waals surface area contributed by atoms with Crippen LogP contribution in [0.2, 0.25) is 0 Å². The summed E-state index contributed by atoms with van der Waals surface area (Å²) in [6.07, 6.45) is 1.51. The summed E-state index contributed by atoms with van der Waals surface area (Å²) >= 11 is 0. The van der Waals surface area contributed by atoms with Crippen molar-refractivity contribution in [3.63, 3.8) is 0 Å². The van der Waals surface area contributed by atoms with Crippen LogP contribution < -0.4 is 16.2 Å². The predicted octanol–water partition coefficient (Wildman–Crippen LogP) is 3.29. The minimum absolute atomic E-state index is 0.595. The molecule has 1 heterocycles. The third-order valence-electron chi connectivity index (χ3n) is 3.80. The molecule has 0 spiro atoms. The molecule has 5 nitrogen and oxygen atoms in total. The fraction of sp³-hybridized carbons (Fsp3) is 0.111. The zero-order valence-electron chi connectivity index (χ0n) is 13.1. The van der Waals surface area contributed by atoms with E-state index in [0.29, 0.717) is 17.1 Å². The van der Waals surface area contributed by atoms with Gasteiger partial charge in [-0.05, 0) is 36.8 Å². The molecule has 0 bridgehead atoms. The van der Waals surface area contributed by atoms with Crippen LogP contribution >= 0.6 is 0 Å². The molecule has 0 aliphatic rings. The maximum absolute atomic E-state index is 6.20. The average molecular weight is 306 g/mol. The summed E-state index contributed by atoms with van der Waals surface area (Å²) in [4.78, 5) is 8.69. The van der Waals surface area contributed by atoms with Gasteiger partial charge in [-0.15, -0.1) is 0 Å². The number of anilines is 2. The van der Waals surface area contributed by atoms with Crippen molar-refractivity contribution >= 4 is 11.4 Å². The monoisotopic (exact) mass is 306 g/mol. The molecule has 0 aliphatic carbocycles. The number of nitrogens with two attached hydrogens (primary N) is 2. The van der Waals surface area contributed by atoms with Gasteiger partial charge >= 0.3 is 0 Å². The van der Waals surface area contributed by atoms with E-state index in [1.54, 1.807) is 7.11 Å². The van der Waals surface area contributed by atoms with Gasteiger partial charge in [0.15, 0.2) is 0 Å². The number of hydrogen-bond acceptors (Lipinski definition) is 5. The van der Waals surface area contributed by atoms with Gasteiger partial charge in [-0.1, -0.05) is 18.2 Å². The quantitative estimate of drug-likeness (QED) is 0.725. The van der Waals surface area contributed by atoms with Gasteiger partial charge in [0.05, 0.1) is 18.5 Å². The number of nitrogens with zero attached hydrogens (tertiary/aromatic N) is 2. The van der Waals surface area contributed by atoms with E-state index in [1.165, 1.54) is 6.33 Å². The number of hydrogen-bond donors (Lipinski definition) is 2. The first-order chi connectivity index (χ1) is 11.1. The van der Waals surface area contributed by atoms with E-state index in [9.17, 15) is 0 Å². The summed E-state index contributed by atoms with van der Waals surface area (Å²) < 4.78 is 5.40. The lowest BCUT2D eigenvalue weighted by Crippen LogP contribution is -2.01. The van der Waals surface area contributed by atoms with Gasteiger partial charge < -0.3 is 16.2 Å². The number of para-hydroxylation sites is 1. The van der Waals surface area contributed by atoms with Crippen LogP contribution in [0.1, 0.15) is 5.56 Å². The van der Waals surface area contributed by atoms with Crippen LogP contribution in [-0.4, -0.2) is 17.1 Å². The molecule has 0 atom stereocenters. The van der Waals surface area contributed by atoms with Crippen molar-refractivity contribution in [3.05, 3.63) is 54.4 Å². The largest absolute Gasteiger partial charge is 0.496 e. The second kappa shape index (κ2) is 5.96. The van der Waals surface area contributed by atoms with Crippen LogP contribution in [0.5, 0.6) is 5.75 Å². The summed E-state index contributed by atoms with van der Waals surface area (Å²) in [6.45, 7) is 1.95. The van der Waals surface area contributed by atoms with Crippen LogP contribution in [0, 0.1) is 6.92 Å². The third-order valence-corrected chi connectivity index (χ3v) is 3.80. The molecule has 4 N–H and O–H groups in total. The fourth-order valence-corrected chi connectivity index (χ4v) is 2.52. The number of methoxy groups -OCH3 is 1. The molecule has 1 aromatic heterocycles. The van der Waals surface area contributed by atoms with Crippen molar-refractivity contribution in [2.75, 3.05) is 18.6 Å². The summed E-state index contributed by atoms with van der Waals surface area (Å²) in [7, 11) is 1.64. The lowest BCUT2D eigenvalue weighted by atomic mass is 10.0. The van der Waals surface area contributed by atoms with Crippen LogP contribution in [0.15, 0.2) is 48.8 Å². The molecule has 0 saturated heterocycles. The van der Waals surface area contributed by atoms with Crippen LogP contribution in [0.25, 0.3) is 22.5 Å². The van der Waals surface area contributed by atoms with E-state index in [0.717, 1.165) is 28.1 Å². The molecule has 0 saturated carbocycles. The second-order valence-electron chi connectivity index (χ2n) is 5.25. The normalized spacial score (nSPS) is 10.5. The van der Waals surface area contributed by atoms with Crippen LogP contribution in [0.4, 0.5) is 11.4 Å². The Kier molecular flexibility index (Phi) is 3.85. The highest BCUT2D eigenvalue weighted by Crippen LogP contribution is 2.35. The van der Waals surface area contributed by atoms with E-state index in [2.05, 4.69) is 9.97 Å². The van der Waals surface area contributed by atoms with Gasteiger partial charge in [-0.2, -0.15) is 0 Å². The topological polar surface area (TPSA) is 87.0 Å². The Bertz CT molecular complexity index is 861. The highest BCUT2D eigenvalue weighted by Gasteiger charge is 2.13. The number of rotatable bonds is 3. The van der Waals surface area contributed by atoms with Gasteiger partial charge in [-0.25, -0.2) is 9.97 Å². The number of aromatic nitrogens is 2. The molecule has 3 aromatic rings. The minimum Gasteiger partial charge on any atom is -0.496 e. The first kappa shape index (κ1) is 14.8. The molecule has 0 fully saturated rings. The summed E-state index contributed by atoms with van der Waals surface area (Å²) in [5.41, 5.74) is 17.6. The van der Waals surface area contributed by atoms with Gasteiger partial charge in [0.25, 0.3) is 0 Å². The highest BCUT2D eigenvalue weighted by atomic mass is 16.5. The van der Waals surface area contributed by atoms with Crippen LogP contribution in [-0.2, 0) is 0 Å². The summed E-state index contributed by atoms with van der Waals surface area (Å²) in [5, 5.41) is 0. The zero-order chi connectivity index (χ0) is 16.4. The molecule has 0 radical (unpaired) electrons. The molecule has 3 rings (SSSR count). The Hall–Kier alpha value is -3.08. The van der Waals surface area contributed by atoms with E-state index in [1.807, 2.05) is 49.4 Å². The predicted molar refractivity (Wildman–Crippen MR) is 93.0 cm³/mol. The maximum Gasteiger partial charge on any atom is 0.128 e. The van der Waals surface area contributed by atoms with Crippen molar-refractivity contribution < 1.29 is 4.74 Å². The van der Waals surface area contributed by atoms with Gasteiger partial charge in [0.2, 0.25) is 0 Å². The number of aryl methyl sites for hydroxylation is 1. The van der Waals surface area contributed by atoms with Gasteiger partial charge in [0, 0.05) is 22.5 Å². The van der Waals surface area contributed by atoms with E-state index in [4.69, 9.17) is 16.2 Å². The average Bonchev–Trinajstić information content (AvgIpc) is 2.59. The number of benzene rings is 2. The standard InChI is InChI=1S/C18H18N4O/c1-11-7-8-13(19)17(18(11)20)15-9-14(21-10-22-15)12-5-3-4-6-16(12)23-2/h3-10H,19-20H2,1-2H3. The molecule has 0 amide bonds. The molecular weight excluding hydrogens is 288 g/mol. The van der Waals surface area contributed by atoms with E-state index < -0.39 is 0 Å². The smallest absolute Gasteiger partial charge is 0.128 e. The van der Waals surface area contributed by atoms with Crippen molar-refractivity contribution in [1.29, 1.82) is 0 Å². The minimum atomic E-state index is 0.595. The lowest BCUT2D eigenvalue weighted by molar-refractivity contribution is 0.416. The third kappa shape index (κ3) is 2.68. The van der Waals surface area contributed by atoms with Crippen molar-refractivity contribution in [1.82, 2.24) is 9.97 Å². The van der Waals surface area contributed by atoms with Gasteiger partial charge in [-0.3, -0.25) is 0 Å². The van der Waals surface area contributed by atoms with E-state index >= 15 is 0 Å².